The molecule has 0 bridgehead atoms. The smallest absolute Gasteiger partial charge is 0.226 e. The second kappa shape index (κ2) is 8.66. The molecule has 0 saturated carbocycles. The second-order valence-corrected chi connectivity index (χ2v) is 7.08. The molecule has 1 heterocycles. The SMILES string of the molecule is CC(=O)N1C=Cc2ccccc2[C@@H]1CC(=O)Nc1ccc(Oc2ccccc2)cc1. The van der Waals surface area contributed by atoms with E-state index in [9.17, 15) is 9.59 Å². The van der Waals surface area contributed by atoms with Crippen molar-refractivity contribution in [2.24, 2.45) is 0 Å². The van der Waals surface area contributed by atoms with Crippen LogP contribution in [0.3, 0.4) is 0 Å². The molecule has 1 N–H and O–H groups in total. The van der Waals surface area contributed by atoms with E-state index in [1.807, 2.05) is 72.8 Å². The van der Waals surface area contributed by atoms with Gasteiger partial charge in [0.2, 0.25) is 11.8 Å². The highest BCUT2D eigenvalue weighted by molar-refractivity contribution is 5.92. The van der Waals surface area contributed by atoms with Gasteiger partial charge in [-0.15, -0.1) is 0 Å². The number of carbonyl (C=O) groups is 2. The fraction of sp³-hybridized carbons (Fsp3) is 0.120. The molecule has 150 valence electrons. The van der Waals surface area contributed by atoms with Crippen LogP contribution in [0.5, 0.6) is 11.5 Å². The van der Waals surface area contributed by atoms with Crippen LogP contribution >= 0.6 is 0 Å². The molecule has 0 spiro atoms. The summed E-state index contributed by atoms with van der Waals surface area (Å²) in [7, 11) is 0. The van der Waals surface area contributed by atoms with E-state index in [2.05, 4.69) is 5.32 Å². The van der Waals surface area contributed by atoms with Gasteiger partial charge in [-0.2, -0.15) is 0 Å². The van der Waals surface area contributed by atoms with E-state index in [-0.39, 0.29) is 24.3 Å². The minimum atomic E-state index is -0.329. The molecular weight excluding hydrogens is 376 g/mol. The number of fused-ring (bicyclic) bond motifs is 1. The number of hydrogen-bond acceptors (Lipinski definition) is 3. The van der Waals surface area contributed by atoms with Crippen molar-refractivity contribution in [1.29, 1.82) is 0 Å². The first-order chi connectivity index (χ1) is 14.6. The lowest BCUT2D eigenvalue weighted by atomic mass is 9.93. The van der Waals surface area contributed by atoms with Gasteiger partial charge in [0.05, 0.1) is 12.5 Å². The summed E-state index contributed by atoms with van der Waals surface area (Å²) in [5, 5.41) is 2.91. The molecule has 1 aliphatic rings. The van der Waals surface area contributed by atoms with Crippen LogP contribution in [0, 0.1) is 0 Å². The molecule has 5 heteroatoms. The van der Waals surface area contributed by atoms with Crippen molar-refractivity contribution in [2.45, 2.75) is 19.4 Å². The lowest BCUT2D eigenvalue weighted by Crippen LogP contribution is -2.33. The molecule has 0 saturated heterocycles. The minimum Gasteiger partial charge on any atom is -0.457 e. The summed E-state index contributed by atoms with van der Waals surface area (Å²) in [4.78, 5) is 26.4. The van der Waals surface area contributed by atoms with Crippen LogP contribution in [-0.4, -0.2) is 16.7 Å². The number of para-hydroxylation sites is 1. The first-order valence-electron chi connectivity index (χ1n) is 9.79. The molecule has 0 fully saturated rings. The predicted molar refractivity (Wildman–Crippen MR) is 117 cm³/mol. The Morgan fingerprint density at radius 3 is 2.30 bits per heavy atom. The Morgan fingerprint density at radius 1 is 0.900 bits per heavy atom. The van der Waals surface area contributed by atoms with Gasteiger partial charge in [0, 0.05) is 18.8 Å². The third-order valence-electron chi connectivity index (χ3n) is 4.96. The van der Waals surface area contributed by atoms with Crippen molar-refractivity contribution in [2.75, 3.05) is 5.32 Å². The van der Waals surface area contributed by atoms with Gasteiger partial charge < -0.3 is 15.0 Å². The summed E-state index contributed by atoms with van der Waals surface area (Å²) in [5.74, 6) is 1.19. The zero-order chi connectivity index (χ0) is 20.9. The minimum absolute atomic E-state index is 0.0963. The normalized spacial score (nSPS) is 14.7. The summed E-state index contributed by atoms with van der Waals surface area (Å²) in [6.45, 7) is 1.51. The number of amides is 2. The average molecular weight is 398 g/mol. The van der Waals surface area contributed by atoms with Gasteiger partial charge in [-0.3, -0.25) is 9.59 Å². The monoisotopic (exact) mass is 398 g/mol. The average Bonchev–Trinajstić information content (AvgIpc) is 2.76. The number of benzene rings is 3. The van der Waals surface area contributed by atoms with E-state index < -0.39 is 0 Å². The summed E-state index contributed by atoms with van der Waals surface area (Å²) < 4.78 is 5.77. The highest BCUT2D eigenvalue weighted by Gasteiger charge is 2.28. The molecule has 1 atom stereocenters. The molecule has 0 aromatic heterocycles. The van der Waals surface area contributed by atoms with Crippen LogP contribution < -0.4 is 10.1 Å². The maximum absolute atomic E-state index is 12.7. The largest absolute Gasteiger partial charge is 0.457 e. The van der Waals surface area contributed by atoms with Crippen LogP contribution in [0.2, 0.25) is 0 Å². The first kappa shape index (κ1) is 19.5. The Labute approximate surface area is 175 Å². The van der Waals surface area contributed by atoms with Crippen molar-refractivity contribution in [1.82, 2.24) is 4.90 Å². The number of rotatable bonds is 5. The van der Waals surface area contributed by atoms with Crippen molar-refractivity contribution >= 4 is 23.6 Å². The summed E-state index contributed by atoms with van der Waals surface area (Å²) >= 11 is 0. The van der Waals surface area contributed by atoms with E-state index in [4.69, 9.17) is 4.74 Å². The van der Waals surface area contributed by atoms with Crippen LogP contribution in [-0.2, 0) is 9.59 Å². The van der Waals surface area contributed by atoms with Crippen molar-refractivity contribution in [3.63, 3.8) is 0 Å². The molecule has 3 aromatic carbocycles. The van der Waals surface area contributed by atoms with E-state index in [0.29, 0.717) is 11.4 Å². The molecule has 0 radical (unpaired) electrons. The molecule has 5 nitrogen and oxygen atoms in total. The van der Waals surface area contributed by atoms with Crippen LogP contribution in [0.15, 0.2) is 85.1 Å². The Hall–Kier alpha value is -3.86. The maximum atomic E-state index is 12.7. The Balaban J connectivity index is 1.43. The molecule has 0 aliphatic carbocycles. The fourth-order valence-corrected chi connectivity index (χ4v) is 3.53. The highest BCUT2D eigenvalue weighted by atomic mass is 16.5. The second-order valence-electron chi connectivity index (χ2n) is 7.08. The van der Waals surface area contributed by atoms with E-state index in [0.717, 1.165) is 16.9 Å². The van der Waals surface area contributed by atoms with Gasteiger partial charge in [0.25, 0.3) is 0 Å². The number of nitrogens with one attached hydrogen (secondary N) is 1. The zero-order valence-electron chi connectivity index (χ0n) is 16.6. The zero-order valence-corrected chi connectivity index (χ0v) is 16.6. The van der Waals surface area contributed by atoms with E-state index >= 15 is 0 Å². The molecular formula is C25H22N2O3. The molecule has 2 amide bonds. The summed E-state index contributed by atoms with van der Waals surface area (Å²) in [6.07, 6.45) is 3.82. The van der Waals surface area contributed by atoms with Gasteiger partial charge in [-0.25, -0.2) is 0 Å². The quantitative estimate of drug-likeness (QED) is 0.628. The number of anilines is 1. The first-order valence-corrected chi connectivity index (χ1v) is 9.79. The van der Waals surface area contributed by atoms with Gasteiger partial charge in [-0.05, 0) is 53.6 Å². The third kappa shape index (κ3) is 4.41. The van der Waals surface area contributed by atoms with Crippen LogP contribution in [0.25, 0.3) is 6.08 Å². The maximum Gasteiger partial charge on any atom is 0.226 e. The fourth-order valence-electron chi connectivity index (χ4n) is 3.53. The van der Waals surface area contributed by atoms with Crippen molar-refractivity contribution in [3.8, 4) is 11.5 Å². The standard InChI is InChI=1S/C25H22N2O3/c1-18(28)27-16-15-19-7-5-6-10-23(19)24(27)17-25(29)26-20-11-13-22(14-12-20)30-21-8-3-2-4-9-21/h2-16,24H,17H2,1H3,(H,26,29)/t24-/m0/s1. The predicted octanol–water partition coefficient (Wildman–Crippen LogP) is 5.38. The molecule has 1 aliphatic heterocycles. The van der Waals surface area contributed by atoms with Crippen molar-refractivity contribution < 1.29 is 14.3 Å². The third-order valence-corrected chi connectivity index (χ3v) is 4.96. The van der Waals surface area contributed by atoms with Gasteiger partial charge in [0.1, 0.15) is 11.5 Å². The number of carbonyl (C=O) groups excluding carboxylic acids is 2. The van der Waals surface area contributed by atoms with E-state index in [1.165, 1.54) is 6.92 Å². The van der Waals surface area contributed by atoms with Crippen molar-refractivity contribution in [3.05, 3.63) is 96.2 Å². The summed E-state index contributed by atoms with van der Waals surface area (Å²) in [5.41, 5.74) is 2.67. The number of ether oxygens (including phenoxy) is 1. The lowest BCUT2D eigenvalue weighted by molar-refractivity contribution is -0.129. The van der Waals surface area contributed by atoms with Crippen LogP contribution in [0.4, 0.5) is 5.69 Å². The molecule has 0 unspecified atom stereocenters. The number of nitrogens with zero attached hydrogens (tertiary/aromatic N) is 1. The Bertz CT molecular complexity index is 1080. The Kier molecular flexibility index (Phi) is 5.61. The van der Waals surface area contributed by atoms with Gasteiger partial charge >= 0.3 is 0 Å². The lowest BCUT2D eigenvalue weighted by Gasteiger charge is -2.32. The topological polar surface area (TPSA) is 58.6 Å². The Morgan fingerprint density at radius 2 is 1.57 bits per heavy atom. The van der Waals surface area contributed by atoms with Gasteiger partial charge in [0.15, 0.2) is 0 Å². The molecule has 30 heavy (non-hydrogen) atoms. The highest BCUT2D eigenvalue weighted by Crippen LogP contribution is 2.33. The van der Waals surface area contributed by atoms with E-state index in [1.54, 1.807) is 23.2 Å². The van der Waals surface area contributed by atoms with Crippen LogP contribution in [0.1, 0.15) is 30.5 Å². The van der Waals surface area contributed by atoms with Gasteiger partial charge in [-0.1, -0.05) is 42.5 Å². The number of hydrogen-bond donors (Lipinski definition) is 1. The molecule has 4 rings (SSSR count). The summed E-state index contributed by atoms with van der Waals surface area (Å²) in [6, 6.07) is 24.2. The molecule has 3 aromatic rings.